The zero-order valence-electron chi connectivity index (χ0n) is 16.1. The van der Waals surface area contributed by atoms with Gasteiger partial charge in [0.25, 0.3) is 0 Å². The molecule has 140 valence electrons. The zero-order valence-corrected chi connectivity index (χ0v) is 16.1. The number of hydrogen-bond acceptors (Lipinski definition) is 1. The number of rotatable bonds is 16. The first-order valence-corrected chi connectivity index (χ1v) is 9.81. The van der Waals surface area contributed by atoms with Gasteiger partial charge in [-0.3, -0.25) is 4.79 Å². The largest absolute Gasteiger partial charge is 0.353 e. The molecule has 2 heteroatoms. The van der Waals surface area contributed by atoms with Crippen molar-refractivity contribution in [2.45, 2.75) is 71.1 Å². The normalized spacial score (nSPS) is 12.0. The molecule has 0 fully saturated rings. The average Bonchev–Trinajstić information content (AvgIpc) is 2.63. The molecule has 0 aliphatic carbocycles. The third-order valence-electron chi connectivity index (χ3n) is 3.74. The molecule has 0 aromatic rings. The minimum absolute atomic E-state index is 0.0854. The maximum Gasteiger partial charge on any atom is 0.243 e. The number of allylic oxidation sites excluding steroid dienone is 8. The number of unbranched alkanes of at least 4 members (excludes halogenated alkanes) is 5. The van der Waals surface area contributed by atoms with Crippen LogP contribution in [0.1, 0.15) is 71.1 Å². The number of amides is 1. The van der Waals surface area contributed by atoms with Gasteiger partial charge in [-0.15, -0.1) is 0 Å². The van der Waals surface area contributed by atoms with E-state index in [4.69, 9.17) is 0 Å². The zero-order chi connectivity index (χ0) is 18.4. The molecule has 0 unspecified atom stereocenters. The van der Waals surface area contributed by atoms with Crippen molar-refractivity contribution in [1.82, 2.24) is 5.32 Å². The lowest BCUT2D eigenvalue weighted by Crippen LogP contribution is -2.21. The summed E-state index contributed by atoms with van der Waals surface area (Å²) in [7, 11) is 0. The summed E-state index contributed by atoms with van der Waals surface area (Å²) in [6, 6.07) is 0. The van der Waals surface area contributed by atoms with Crippen LogP contribution in [-0.2, 0) is 4.79 Å². The van der Waals surface area contributed by atoms with Gasteiger partial charge in [0.15, 0.2) is 0 Å². The van der Waals surface area contributed by atoms with Crippen molar-refractivity contribution in [1.29, 1.82) is 0 Å². The molecule has 0 heterocycles. The minimum Gasteiger partial charge on any atom is -0.353 e. The van der Waals surface area contributed by atoms with E-state index in [0.29, 0.717) is 0 Å². The number of hydrogen-bond donors (Lipinski definition) is 1. The first-order chi connectivity index (χ1) is 12.3. The molecule has 1 N–H and O–H groups in total. The highest BCUT2D eigenvalue weighted by Gasteiger charge is 1.91. The topological polar surface area (TPSA) is 29.1 Å². The summed E-state index contributed by atoms with van der Waals surface area (Å²) in [5, 5.41) is 2.78. The van der Waals surface area contributed by atoms with E-state index in [1.165, 1.54) is 31.8 Å². The standard InChI is InChI=1S/C23H37NO/c1-3-5-6-7-8-9-10-11-12-13-14-15-16-17-18-19-20-21-22-24-23(25)4-2/h4,8-9,11-12,14-15,17-18H,2-3,5-7,10,13,16,19-22H2,1H3,(H,24,25). The van der Waals surface area contributed by atoms with Gasteiger partial charge < -0.3 is 5.32 Å². The maximum atomic E-state index is 10.9. The van der Waals surface area contributed by atoms with Gasteiger partial charge in [0.2, 0.25) is 5.91 Å². The van der Waals surface area contributed by atoms with Gasteiger partial charge in [-0.2, -0.15) is 0 Å². The van der Waals surface area contributed by atoms with Crippen molar-refractivity contribution in [3.05, 3.63) is 61.3 Å². The molecule has 0 bridgehead atoms. The van der Waals surface area contributed by atoms with Crippen LogP contribution in [0.25, 0.3) is 0 Å². The summed E-state index contributed by atoms with van der Waals surface area (Å²) in [5.41, 5.74) is 0. The summed E-state index contributed by atoms with van der Waals surface area (Å²) < 4.78 is 0. The van der Waals surface area contributed by atoms with Crippen molar-refractivity contribution >= 4 is 5.91 Å². The highest BCUT2D eigenvalue weighted by Crippen LogP contribution is 2.01. The Hall–Kier alpha value is -1.83. The van der Waals surface area contributed by atoms with Gasteiger partial charge in [-0.05, 0) is 57.4 Å². The van der Waals surface area contributed by atoms with Crippen molar-refractivity contribution in [3.8, 4) is 0 Å². The molecule has 0 aliphatic rings. The lowest BCUT2D eigenvalue weighted by atomic mass is 10.2. The fourth-order valence-electron chi connectivity index (χ4n) is 2.23. The molecular formula is C23H37NO. The van der Waals surface area contributed by atoms with Crippen molar-refractivity contribution in [2.75, 3.05) is 6.54 Å². The molecule has 0 saturated carbocycles. The fourth-order valence-corrected chi connectivity index (χ4v) is 2.23. The van der Waals surface area contributed by atoms with Crippen LogP contribution < -0.4 is 5.32 Å². The fraction of sp³-hybridized carbons (Fsp3) is 0.522. The van der Waals surface area contributed by atoms with Crippen LogP contribution in [0.3, 0.4) is 0 Å². The van der Waals surface area contributed by atoms with E-state index in [1.807, 2.05) is 0 Å². The molecule has 0 aromatic carbocycles. The van der Waals surface area contributed by atoms with Gasteiger partial charge in [-0.1, -0.05) is 75.0 Å². The van der Waals surface area contributed by atoms with E-state index >= 15 is 0 Å². The van der Waals surface area contributed by atoms with Gasteiger partial charge in [0.1, 0.15) is 0 Å². The predicted molar refractivity (Wildman–Crippen MR) is 112 cm³/mol. The molecular weight excluding hydrogens is 306 g/mol. The molecule has 0 aromatic heterocycles. The Morgan fingerprint density at radius 3 is 1.72 bits per heavy atom. The molecule has 0 saturated heterocycles. The lowest BCUT2D eigenvalue weighted by molar-refractivity contribution is -0.116. The molecule has 0 aliphatic heterocycles. The van der Waals surface area contributed by atoms with E-state index in [-0.39, 0.29) is 5.91 Å². The SMILES string of the molecule is C=CC(=O)NCCCCC=CCC=CCC=CCC=CCCCCC. The van der Waals surface area contributed by atoms with Gasteiger partial charge in [0.05, 0.1) is 0 Å². The average molecular weight is 344 g/mol. The van der Waals surface area contributed by atoms with E-state index in [1.54, 1.807) is 0 Å². The van der Waals surface area contributed by atoms with Crippen LogP contribution >= 0.6 is 0 Å². The Labute approximate surface area is 155 Å². The highest BCUT2D eigenvalue weighted by atomic mass is 16.1. The Bertz CT molecular complexity index is 429. The minimum atomic E-state index is -0.0854. The van der Waals surface area contributed by atoms with Crippen molar-refractivity contribution in [2.24, 2.45) is 0 Å². The van der Waals surface area contributed by atoms with Crippen molar-refractivity contribution in [3.63, 3.8) is 0 Å². The highest BCUT2D eigenvalue weighted by molar-refractivity contribution is 5.86. The Kier molecular flexibility index (Phi) is 18.7. The third-order valence-corrected chi connectivity index (χ3v) is 3.74. The molecule has 25 heavy (non-hydrogen) atoms. The van der Waals surface area contributed by atoms with Crippen LogP contribution in [0.2, 0.25) is 0 Å². The Balaban J connectivity index is 3.40. The smallest absolute Gasteiger partial charge is 0.243 e. The number of carbonyl (C=O) groups excluding carboxylic acids is 1. The van der Waals surface area contributed by atoms with Crippen LogP contribution in [0.5, 0.6) is 0 Å². The van der Waals surface area contributed by atoms with Crippen LogP contribution in [0.4, 0.5) is 0 Å². The van der Waals surface area contributed by atoms with Crippen LogP contribution in [0, 0.1) is 0 Å². The predicted octanol–water partition coefficient (Wildman–Crippen LogP) is 6.43. The molecule has 0 spiro atoms. The van der Waals surface area contributed by atoms with Crippen LogP contribution in [0.15, 0.2) is 61.3 Å². The second-order valence-electron chi connectivity index (χ2n) is 6.08. The van der Waals surface area contributed by atoms with Gasteiger partial charge in [0, 0.05) is 6.54 Å². The lowest BCUT2D eigenvalue weighted by Gasteiger charge is -1.99. The van der Waals surface area contributed by atoms with E-state index < -0.39 is 0 Å². The molecule has 1 amide bonds. The number of nitrogens with one attached hydrogen (secondary N) is 1. The summed E-state index contributed by atoms with van der Waals surface area (Å²) in [6.07, 6.45) is 30.6. The molecule has 0 radical (unpaired) electrons. The van der Waals surface area contributed by atoms with Crippen LogP contribution in [-0.4, -0.2) is 12.5 Å². The summed E-state index contributed by atoms with van der Waals surface area (Å²) in [4.78, 5) is 10.9. The summed E-state index contributed by atoms with van der Waals surface area (Å²) in [5.74, 6) is -0.0854. The van der Waals surface area contributed by atoms with E-state index in [2.05, 4.69) is 67.4 Å². The quantitative estimate of drug-likeness (QED) is 0.195. The first-order valence-electron chi connectivity index (χ1n) is 9.81. The molecule has 2 nitrogen and oxygen atoms in total. The molecule has 0 rings (SSSR count). The number of carbonyl (C=O) groups is 1. The maximum absolute atomic E-state index is 10.9. The van der Waals surface area contributed by atoms with Gasteiger partial charge in [-0.25, -0.2) is 0 Å². The second kappa shape index (κ2) is 20.2. The van der Waals surface area contributed by atoms with Gasteiger partial charge >= 0.3 is 0 Å². The second-order valence-corrected chi connectivity index (χ2v) is 6.08. The summed E-state index contributed by atoms with van der Waals surface area (Å²) >= 11 is 0. The first kappa shape index (κ1) is 23.2. The summed E-state index contributed by atoms with van der Waals surface area (Å²) in [6.45, 7) is 6.40. The Morgan fingerprint density at radius 1 is 0.760 bits per heavy atom. The van der Waals surface area contributed by atoms with E-state index in [9.17, 15) is 4.79 Å². The monoisotopic (exact) mass is 343 g/mol. The Morgan fingerprint density at radius 2 is 1.24 bits per heavy atom. The molecule has 0 atom stereocenters. The third kappa shape index (κ3) is 20.1. The van der Waals surface area contributed by atoms with E-state index in [0.717, 1.165) is 45.1 Å². The van der Waals surface area contributed by atoms with Crippen molar-refractivity contribution < 1.29 is 4.79 Å².